The van der Waals surface area contributed by atoms with Crippen molar-refractivity contribution in [2.75, 3.05) is 43.5 Å². The van der Waals surface area contributed by atoms with Crippen LogP contribution in [0.25, 0.3) is 5.65 Å². The summed E-state index contributed by atoms with van der Waals surface area (Å²) in [5.74, 6) is 1.62. The van der Waals surface area contributed by atoms with Crippen molar-refractivity contribution in [3.63, 3.8) is 0 Å². The Morgan fingerprint density at radius 2 is 2.16 bits per heavy atom. The maximum atomic E-state index is 5.82. The molecular weight excluding hydrogens is 264 g/mol. The van der Waals surface area contributed by atoms with E-state index in [-0.39, 0.29) is 0 Å². The van der Waals surface area contributed by atoms with E-state index in [1.807, 2.05) is 10.6 Å². The molecule has 19 heavy (non-hydrogen) atoms. The van der Waals surface area contributed by atoms with Gasteiger partial charge in [0.1, 0.15) is 6.33 Å². The smallest absolute Gasteiger partial charge is 0.203 e. The molecule has 1 saturated heterocycles. The van der Waals surface area contributed by atoms with Gasteiger partial charge in [-0.15, -0.1) is 21.8 Å². The van der Waals surface area contributed by atoms with E-state index in [4.69, 9.17) is 11.6 Å². The molecule has 102 valence electrons. The summed E-state index contributed by atoms with van der Waals surface area (Å²) >= 11 is 5.82. The van der Waals surface area contributed by atoms with E-state index in [2.05, 4.69) is 25.0 Å². The lowest BCUT2D eigenvalue weighted by molar-refractivity contribution is 0.311. The molecule has 0 bridgehead atoms. The van der Waals surface area contributed by atoms with Crippen LogP contribution in [0.1, 0.15) is 6.42 Å². The van der Waals surface area contributed by atoms with Gasteiger partial charge >= 0.3 is 0 Å². The minimum Gasteiger partial charge on any atom is -0.352 e. The SMILES string of the molecule is ClCCN1CCCN(c2nccn3cnnc23)CC1. The molecule has 3 heterocycles. The predicted molar refractivity (Wildman–Crippen MR) is 74.8 cm³/mol. The van der Waals surface area contributed by atoms with E-state index < -0.39 is 0 Å². The Balaban J connectivity index is 1.80. The third-order valence-corrected chi connectivity index (χ3v) is 3.65. The van der Waals surface area contributed by atoms with Crippen molar-refractivity contribution in [3.8, 4) is 0 Å². The zero-order chi connectivity index (χ0) is 13.1. The molecule has 2 aromatic heterocycles. The molecule has 0 saturated carbocycles. The number of fused-ring (bicyclic) bond motifs is 1. The second-order valence-corrected chi connectivity index (χ2v) is 5.06. The fourth-order valence-corrected chi connectivity index (χ4v) is 2.73. The van der Waals surface area contributed by atoms with Gasteiger partial charge in [-0.1, -0.05) is 0 Å². The second kappa shape index (κ2) is 5.71. The van der Waals surface area contributed by atoms with Crippen molar-refractivity contribution in [2.24, 2.45) is 0 Å². The molecule has 0 unspecified atom stereocenters. The summed E-state index contributed by atoms with van der Waals surface area (Å²) in [4.78, 5) is 9.16. The van der Waals surface area contributed by atoms with Crippen molar-refractivity contribution < 1.29 is 0 Å². The number of rotatable bonds is 3. The lowest BCUT2D eigenvalue weighted by Gasteiger charge is -2.22. The minimum atomic E-state index is 0.692. The van der Waals surface area contributed by atoms with Crippen molar-refractivity contribution in [2.45, 2.75) is 6.42 Å². The van der Waals surface area contributed by atoms with Crippen LogP contribution in [-0.4, -0.2) is 63.1 Å². The topological polar surface area (TPSA) is 49.6 Å². The van der Waals surface area contributed by atoms with Crippen LogP contribution in [0.3, 0.4) is 0 Å². The number of anilines is 1. The average molecular weight is 281 g/mol. The maximum absolute atomic E-state index is 5.82. The quantitative estimate of drug-likeness (QED) is 0.781. The molecule has 0 radical (unpaired) electrons. The van der Waals surface area contributed by atoms with Gasteiger partial charge in [-0.05, 0) is 13.0 Å². The van der Waals surface area contributed by atoms with Crippen molar-refractivity contribution in [3.05, 3.63) is 18.7 Å². The van der Waals surface area contributed by atoms with Crippen LogP contribution in [-0.2, 0) is 0 Å². The Kier molecular flexibility index (Phi) is 3.79. The predicted octanol–water partition coefficient (Wildman–Crippen LogP) is 0.875. The molecule has 0 N–H and O–H groups in total. The first kappa shape index (κ1) is 12.6. The van der Waals surface area contributed by atoms with E-state index in [1.165, 1.54) is 0 Å². The lowest BCUT2D eigenvalue weighted by atomic mass is 10.4. The van der Waals surface area contributed by atoms with E-state index in [0.29, 0.717) is 5.88 Å². The molecule has 0 aliphatic carbocycles. The summed E-state index contributed by atoms with van der Waals surface area (Å²) in [6.45, 7) is 5.02. The second-order valence-electron chi connectivity index (χ2n) is 4.68. The van der Waals surface area contributed by atoms with Crippen molar-refractivity contribution in [1.29, 1.82) is 0 Å². The third kappa shape index (κ3) is 2.64. The summed E-state index contributed by atoms with van der Waals surface area (Å²) in [5, 5.41) is 8.10. The molecule has 1 aliphatic heterocycles. The zero-order valence-electron chi connectivity index (χ0n) is 10.7. The highest BCUT2D eigenvalue weighted by Crippen LogP contribution is 2.17. The van der Waals surface area contributed by atoms with Gasteiger partial charge in [-0.25, -0.2) is 4.98 Å². The number of hydrogen-bond donors (Lipinski definition) is 0. The first-order valence-electron chi connectivity index (χ1n) is 6.56. The highest BCUT2D eigenvalue weighted by Gasteiger charge is 2.18. The Labute approximate surface area is 117 Å². The Morgan fingerprint density at radius 3 is 3.05 bits per heavy atom. The van der Waals surface area contributed by atoms with E-state index in [9.17, 15) is 0 Å². The van der Waals surface area contributed by atoms with Gasteiger partial charge in [0.25, 0.3) is 0 Å². The van der Waals surface area contributed by atoms with Gasteiger partial charge in [0.2, 0.25) is 5.65 Å². The molecule has 1 fully saturated rings. The number of hydrogen-bond acceptors (Lipinski definition) is 5. The van der Waals surface area contributed by atoms with Crippen LogP contribution in [0.5, 0.6) is 0 Å². The molecule has 7 heteroatoms. The van der Waals surface area contributed by atoms with Gasteiger partial charge in [-0.2, -0.15) is 0 Å². The van der Waals surface area contributed by atoms with E-state index >= 15 is 0 Å². The fourth-order valence-electron chi connectivity index (χ4n) is 2.49. The number of aromatic nitrogens is 4. The molecule has 1 aliphatic rings. The van der Waals surface area contributed by atoms with E-state index in [0.717, 1.165) is 50.6 Å². The molecular formula is C12H17ClN6. The standard InChI is InChI=1S/C12H17ClN6/c13-2-6-17-4-1-5-18(9-8-17)11-12-16-15-10-19(12)7-3-14-11/h3,7,10H,1-2,4-6,8-9H2. The Hall–Kier alpha value is -1.40. The Morgan fingerprint density at radius 1 is 1.21 bits per heavy atom. The molecule has 0 aromatic carbocycles. The largest absolute Gasteiger partial charge is 0.352 e. The third-order valence-electron chi connectivity index (χ3n) is 3.49. The minimum absolute atomic E-state index is 0.692. The van der Waals surface area contributed by atoms with Gasteiger partial charge < -0.3 is 9.80 Å². The van der Waals surface area contributed by atoms with Crippen LogP contribution >= 0.6 is 11.6 Å². The number of alkyl halides is 1. The van der Waals surface area contributed by atoms with Crippen LogP contribution in [0, 0.1) is 0 Å². The molecule has 0 atom stereocenters. The summed E-state index contributed by atoms with van der Waals surface area (Å²) in [6.07, 6.45) is 6.50. The average Bonchev–Trinajstić information content (AvgIpc) is 2.79. The van der Waals surface area contributed by atoms with Crippen molar-refractivity contribution >= 4 is 23.1 Å². The summed E-state index contributed by atoms with van der Waals surface area (Å²) in [5.41, 5.74) is 0.827. The van der Waals surface area contributed by atoms with Crippen molar-refractivity contribution in [1.82, 2.24) is 24.5 Å². The van der Waals surface area contributed by atoms with Crippen LogP contribution < -0.4 is 4.90 Å². The van der Waals surface area contributed by atoms with Crippen LogP contribution in [0.4, 0.5) is 5.82 Å². The van der Waals surface area contributed by atoms with Gasteiger partial charge in [0.05, 0.1) is 0 Å². The van der Waals surface area contributed by atoms with E-state index in [1.54, 1.807) is 12.5 Å². The van der Waals surface area contributed by atoms with Gasteiger partial charge in [0, 0.05) is 44.5 Å². The highest BCUT2D eigenvalue weighted by atomic mass is 35.5. The molecule has 6 nitrogen and oxygen atoms in total. The summed E-state index contributed by atoms with van der Waals surface area (Å²) in [6, 6.07) is 0. The number of nitrogens with zero attached hydrogens (tertiary/aromatic N) is 6. The fraction of sp³-hybridized carbons (Fsp3) is 0.583. The monoisotopic (exact) mass is 280 g/mol. The highest BCUT2D eigenvalue weighted by molar-refractivity contribution is 6.18. The zero-order valence-corrected chi connectivity index (χ0v) is 11.5. The lowest BCUT2D eigenvalue weighted by Crippen LogP contribution is -2.32. The summed E-state index contributed by atoms with van der Waals surface area (Å²) in [7, 11) is 0. The van der Waals surface area contributed by atoms with Gasteiger partial charge in [0.15, 0.2) is 5.82 Å². The normalized spacial score (nSPS) is 17.8. The molecule has 3 rings (SSSR count). The maximum Gasteiger partial charge on any atom is 0.203 e. The number of halogens is 1. The first-order valence-corrected chi connectivity index (χ1v) is 7.09. The van der Waals surface area contributed by atoms with Crippen LogP contribution in [0.2, 0.25) is 0 Å². The first-order chi connectivity index (χ1) is 9.38. The molecule has 2 aromatic rings. The van der Waals surface area contributed by atoms with Gasteiger partial charge in [-0.3, -0.25) is 4.40 Å². The molecule has 0 spiro atoms. The van der Waals surface area contributed by atoms with Crippen LogP contribution in [0.15, 0.2) is 18.7 Å². The Bertz CT molecular complexity index is 542. The molecule has 0 amide bonds. The summed E-state index contributed by atoms with van der Waals surface area (Å²) < 4.78 is 1.91.